The Balaban J connectivity index is 1.59. The number of amides is 2. The number of carboxylic acid groups (broad SMARTS) is 1. The van der Waals surface area contributed by atoms with Crippen LogP contribution in [0.1, 0.15) is 25.8 Å². The molecule has 0 spiro atoms. The van der Waals surface area contributed by atoms with E-state index in [1.807, 2.05) is 6.92 Å². The molecule has 6 atom stereocenters. The molecule has 8 nitrogen and oxygen atoms in total. The van der Waals surface area contributed by atoms with E-state index in [1.165, 1.54) is 28.5 Å². The molecule has 11 heteroatoms. The molecule has 3 heterocycles. The molecule has 2 N–H and O–H groups in total. The van der Waals surface area contributed by atoms with E-state index in [0.29, 0.717) is 17.9 Å². The molecule has 2 fully saturated rings. The van der Waals surface area contributed by atoms with Crippen molar-refractivity contribution in [1.82, 2.24) is 14.7 Å². The lowest BCUT2D eigenvalue weighted by Crippen LogP contribution is -2.63. The van der Waals surface area contributed by atoms with E-state index in [9.17, 15) is 33.4 Å². The second kappa shape index (κ2) is 9.51. The molecule has 3 aliphatic rings. The van der Waals surface area contributed by atoms with Crippen LogP contribution in [0.2, 0.25) is 0 Å². The van der Waals surface area contributed by atoms with Crippen LogP contribution in [-0.4, -0.2) is 86.8 Å². The molecule has 0 aromatic heterocycles. The maximum absolute atomic E-state index is 14.3. The van der Waals surface area contributed by atoms with Gasteiger partial charge in [-0.2, -0.15) is 0 Å². The topological polar surface area (TPSA) is 101 Å². The minimum atomic E-state index is -1.21. The van der Waals surface area contributed by atoms with Gasteiger partial charge in [0.15, 0.2) is 0 Å². The van der Waals surface area contributed by atoms with Crippen LogP contribution in [0, 0.1) is 23.5 Å². The summed E-state index contributed by atoms with van der Waals surface area (Å²) < 4.78 is 28.1. The van der Waals surface area contributed by atoms with Gasteiger partial charge in [-0.3, -0.25) is 14.5 Å². The number of carbonyl (C=O) groups excluding carboxylic acids is 2. The SMILES string of the molecule is C[C@@H](O)[C@H]1C(=O)N2C(C(=O)O)=C(S[C@H]3C[C@@H](C(=O)N(C)C)N(Cc4cc(F)ccc4F)C3)[C@H](C)[C@H]12. The number of carbonyl (C=O) groups is 3. The number of carboxylic acids is 1. The highest BCUT2D eigenvalue weighted by atomic mass is 32.2. The maximum Gasteiger partial charge on any atom is 0.353 e. The molecule has 190 valence electrons. The predicted octanol–water partition coefficient (Wildman–Crippen LogP) is 1.88. The Morgan fingerprint density at radius 3 is 2.57 bits per heavy atom. The fraction of sp³-hybridized carbons (Fsp3) is 0.542. The van der Waals surface area contributed by atoms with E-state index >= 15 is 0 Å². The lowest BCUT2D eigenvalue weighted by Gasteiger charge is -2.46. The molecule has 2 saturated heterocycles. The largest absolute Gasteiger partial charge is 0.477 e. The van der Waals surface area contributed by atoms with Gasteiger partial charge in [-0.25, -0.2) is 13.6 Å². The highest BCUT2D eigenvalue weighted by Gasteiger charge is 2.60. The Hall–Kier alpha value is -2.50. The number of likely N-dealkylation sites (tertiary alicyclic amines) is 1. The molecule has 1 aromatic rings. The van der Waals surface area contributed by atoms with Gasteiger partial charge in [0, 0.05) is 48.8 Å². The smallest absolute Gasteiger partial charge is 0.353 e. The second-order valence-corrected chi connectivity index (χ2v) is 11.0. The average molecular weight is 510 g/mol. The van der Waals surface area contributed by atoms with Gasteiger partial charge in [0.25, 0.3) is 0 Å². The summed E-state index contributed by atoms with van der Waals surface area (Å²) >= 11 is 1.32. The number of halogens is 2. The second-order valence-electron chi connectivity index (χ2n) is 9.66. The van der Waals surface area contributed by atoms with Crippen molar-refractivity contribution in [1.29, 1.82) is 0 Å². The third kappa shape index (κ3) is 4.45. The molecule has 0 aliphatic carbocycles. The monoisotopic (exact) mass is 509 g/mol. The van der Waals surface area contributed by atoms with Crippen LogP contribution in [-0.2, 0) is 20.9 Å². The number of aliphatic hydroxyl groups excluding tert-OH is 1. The summed E-state index contributed by atoms with van der Waals surface area (Å²) in [5.74, 6) is -3.87. The molecule has 0 saturated carbocycles. The van der Waals surface area contributed by atoms with Crippen molar-refractivity contribution in [3.05, 3.63) is 46.0 Å². The summed E-state index contributed by atoms with van der Waals surface area (Å²) in [6, 6.07) is 2.20. The molecule has 0 radical (unpaired) electrons. The van der Waals surface area contributed by atoms with E-state index in [0.717, 1.165) is 18.2 Å². The zero-order chi connectivity index (χ0) is 25.8. The number of likely N-dealkylation sites (N-methyl/N-ethyl adjacent to an activating group) is 1. The highest BCUT2D eigenvalue weighted by molar-refractivity contribution is 8.03. The van der Waals surface area contributed by atoms with Crippen LogP contribution >= 0.6 is 11.8 Å². The van der Waals surface area contributed by atoms with Crippen LogP contribution in [0.15, 0.2) is 28.8 Å². The molecule has 2 amide bonds. The fourth-order valence-electron chi connectivity index (χ4n) is 5.42. The molecule has 4 rings (SSSR count). The maximum atomic E-state index is 14.3. The number of hydrogen-bond donors (Lipinski definition) is 2. The van der Waals surface area contributed by atoms with E-state index in [4.69, 9.17) is 0 Å². The predicted molar refractivity (Wildman–Crippen MR) is 125 cm³/mol. The quantitative estimate of drug-likeness (QED) is 0.542. The highest BCUT2D eigenvalue weighted by Crippen LogP contribution is 2.52. The Bertz CT molecular complexity index is 1090. The third-order valence-electron chi connectivity index (χ3n) is 7.08. The lowest BCUT2D eigenvalue weighted by molar-refractivity contribution is -0.163. The molecule has 3 aliphatic heterocycles. The minimum Gasteiger partial charge on any atom is -0.477 e. The number of rotatable bonds is 7. The molecule has 35 heavy (non-hydrogen) atoms. The van der Waals surface area contributed by atoms with E-state index in [1.54, 1.807) is 19.0 Å². The van der Waals surface area contributed by atoms with Crippen molar-refractivity contribution >= 4 is 29.5 Å². The van der Waals surface area contributed by atoms with Gasteiger partial charge in [-0.05, 0) is 31.5 Å². The number of nitrogens with zero attached hydrogens (tertiary/aromatic N) is 3. The zero-order valence-corrected chi connectivity index (χ0v) is 20.8. The number of β-lactam (4-membered cyclic amide) rings is 1. The summed E-state index contributed by atoms with van der Waals surface area (Å²) in [7, 11) is 3.25. The number of hydrogen-bond acceptors (Lipinski definition) is 6. The Labute approximate surface area is 206 Å². The zero-order valence-electron chi connectivity index (χ0n) is 19.9. The number of fused-ring (bicyclic) bond motifs is 1. The average Bonchev–Trinajstić information content (AvgIpc) is 3.27. The van der Waals surface area contributed by atoms with Crippen molar-refractivity contribution in [2.24, 2.45) is 11.8 Å². The molecular formula is C24H29F2N3O5S. The molecule has 0 bridgehead atoms. The van der Waals surface area contributed by atoms with Crippen LogP contribution in [0.3, 0.4) is 0 Å². The number of aliphatic hydroxyl groups is 1. The lowest BCUT2D eigenvalue weighted by atomic mass is 9.79. The molecule has 1 aromatic carbocycles. The fourth-order valence-corrected chi connectivity index (χ4v) is 6.97. The molecular weight excluding hydrogens is 480 g/mol. The summed E-state index contributed by atoms with van der Waals surface area (Å²) in [5.41, 5.74) is 0.0703. The number of benzene rings is 1. The first-order valence-corrected chi connectivity index (χ1v) is 12.3. The summed E-state index contributed by atoms with van der Waals surface area (Å²) in [5, 5.41) is 19.7. The Morgan fingerprint density at radius 2 is 1.97 bits per heavy atom. The van der Waals surface area contributed by atoms with Crippen molar-refractivity contribution in [2.75, 3.05) is 20.6 Å². The van der Waals surface area contributed by atoms with E-state index in [2.05, 4.69) is 0 Å². The van der Waals surface area contributed by atoms with Crippen LogP contribution in [0.4, 0.5) is 8.78 Å². The standard InChI is InChI=1S/C24H29F2N3O5S/c1-11-19-18(12(2)30)23(32)29(19)20(24(33)34)21(11)35-15-8-17(22(31)27(3)4)28(10-15)9-13-7-14(25)5-6-16(13)26/h5-7,11-12,15,17-19,30H,8-10H2,1-4H3,(H,33,34)/t11-,12-,15+,17+,18-,19-/m1/s1. The first-order valence-electron chi connectivity index (χ1n) is 11.5. The summed E-state index contributed by atoms with van der Waals surface area (Å²) in [6.07, 6.45) is -0.504. The first kappa shape index (κ1) is 25.6. The van der Waals surface area contributed by atoms with Crippen LogP contribution in [0.5, 0.6) is 0 Å². The summed E-state index contributed by atoms with van der Waals surface area (Å²) in [6.45, 7) is 3.75. The van der Waals surface area contributed by atoms with Gasteiger partial charge >= 0.3 is 5.97 Å². The first-order chi connectivity index (χ1) is 16.4. The third-order valence-corrected chi connectivity index (χ3v) is 8.57. The van der Waals surface area contributed by atoms with Gasteiger partial charge < -0.3 is 20.0 Å². The summed E-state index contributed by atoms with van der Waals surface area (Å²) in [4.78, 5) is 42.7. The van der Waals surface area contributed by atoms with Gasteiger partial charge in [0.05, 0.1) is 24.1 Å². The van der Waals surface area contributed by atoms with Crippen LogP contribution < -0.4 is 0 Å². The van der Waals surface area contributed by atoms with Gasteiger partial charge in [0.2, 0.25) is 11.8 Å². The van der Waals surface area contributed by atoms with Gasteiger partial charge in [-0.1, -0.05) is 6.92 Å². The van der Waals surface area contributed by atoms with Gasteiger partial charge in [0.1, 0.15) is 17.3 Å². The van der Waals surface area contributed by atoms with Crippen molar-refractivity contribution in [2.45, 2.75) is 50.3 Å². The van der Waals surface area contributed by atoms with Crippen molar-refractivity contribution < 1.29 is 33.4 Å². The minimum absolute atomic E-state index is 0.0304. The normalized spacial score (nSPS) is 29.3. The Morgan fingerprint density at radius 1 is 1.29 bits per heavy atom. The van der Waals surface area contributed by atoms with Crippen molar-refractivity contribution in [3.8, 4) is 0 Å². The number of aliphatic carboxylic acids is 1. The van der Waals surface area contributed by atoms with Crippen molar-refractivity contribution in [3.63, 3.8) is 0 Å². The van der Waals surface area contributed by atoms with E-state index in [-0.39, 0.29) is 34.9 Å². The van der Waals surface area contributed by atoms with Gasteiger partial charge in [-0.15, -0.1) is 11.8 Å². The van der Waals surface area contributed by atoms with E-state index < -0.39 is 47.6 Å². The number of thioether (sulfide) groups is 1. The molecule has 0 unspecified atom stereocenters. The van der Waals surface area contributed by atoms with Crippen LogP contribution in [0.25, 0.3) is 0 Å². The Kier molecular flexibility index (Phi) is 6.96.